The first-order valence-corrected chi connectivity index (χ1v) is 16.2. The van der Waals surface area contributed by atoms with Crippen molar-refractivity contribution in [3.05, 3.63) is 99.4 Å². The van der Waals surface area contributed by atoms with Crippen molar-refractivity contribution in [2.45, 2.75) is 69.7 Å². The molecule has 9 heteroatoms. The predicted molar refractivity (Wildman–Crippen MR) is 174 cm³/mol. The molecule has 0 bridgehead atoms. The maximum Gasteiger partial charge on any atom is 0.254 e. The number of anilines is 2. The summed E-state index contributed by atoms with van der Waals surface area (Å²) in [6.07, 6.45) is 7.21. The van der Waals surface area contributed by atoms with Gasteiger partial charge in [0.25, 0.3) is 5.56 Å². The summed E-state index contributed by atoms with van der Waals surface area (Å²) in [6, 6.07) is 18.0. The molecular weight excluding hydrogens is 556 g/mol. The van der Waals surface area contributed by atoms with Gasteiger partial charge >= 0.3 is 0 Å². The minimum absolute atomic E-state index is 0.0346. The van der Waals surface area contributed by atoms with Crippen LogP contribution in [0.2, 0.25) is 0 Å². The number of rotatable bonds is 7. The van der Waals surface area contributed by atoms with E-state index in [2.05, 4.69) is 45.3 Å². The van der Waals surface area contributed by atoms with Crippen LogP contribution in [-0.2, 0) is 23.3 Å². The smallest absolute Gasteiger partial charge is 0.254 e. The Balaban J connectivity index is 1.65. The molecular formula is C34H42N6O2S. The number of nitrogens with one attached hydrogen (secondary N) is 1. The second-order valence-corrected chi connectivity index (χ2v) is 13.3. The van der Waals surface area contributed by atoms with Crippen LogP contribution in [-0.4, -0.2) is 38.1 Å². The first-order chi connectivity index (χ1) is 20.4. The lowest BCUT2D eigenvalue weighted by molar-refractivity contribution is 0.494. The van der Waals surface area contributed by atoms with Crippen LogP contribution in [0.25, 0.3) is 0 Å². The van der Waals surface area contributed by atoms with E-state index < -0.39 is 16.2 Å². The van der Waals surface area contributed by atoms with Crippen molar-refractivity contribution in [2.24, 2.45) is 7.05 Å². The molecule has 1 unspecified atom stereocenters. The summed E-state index contributed by atoms with van der Waals surface area (Å²) in [6.45, 7) is 11.2. The monoisotopic (exact) mass is 598 g/mol. The highest BCUT2D eigenvalue weighted by Gasteiger charge is 2.26. The second kappa shape index (κ2) is 13.5. The number of nitrogens with zero attached hydrogens (tertiary/aromatic N) is 5. The van der Waals surface area contributed by atoms with E-state index in [-0.39, 0.29) is 11.6 Å². The van der Waals surface area contributed by atoms with Gasteiger partial charge in [0, 0.05) is 50.4 Å². The van der Waals surface area contributed by atoms with Crippen LogP contribution < -0.4 is 15.8 Å². The third-order valence-electron chi connectivity index (χ3n) is 8.12. The maximum absolute atomic E-state index is 13.4. The standard InChI is InChI=1S/C34H42N6O2S/c1-23-18-24(2)32(41)39(6)31(13-12-27(19-23)25(3)38-29-10-8-9-11-30(29)43(7)42)40-16-14-26(15-17-40)28-20-36-33(37-21-28)34(4,5)22-35/h8-13,18-21,25-26,38H,14-17H2,1-7H3/t25-,43?/m1/s1. The molecule has 3 aromatic rings. The Morgan fingerprint density at radius 2 is 1.72 bits per heavy atom. The molecule has 1 aliphatic rings. The van der Waals surface area contributed by atoms with Crippen molar-refractivity contribution in [3.63, 3.8) is 0 Å². The molecule has 8 nitrogen and oxygen atoms in total. The highest BCUT2D eigenvalue weighted by atomic mass is 32.2. The van der Waals surface area contributed by atoms with E-state index in [9.17, 15) is 14.3 Å². The van der Waals surface area contributed by atoms with E-state index in [1.807, 2.05) is 83.5 Å². The zero-order valence-electron chi connectivity index (χ0n) is 26.2. The van der Waals surface area contributed by atoms with Crippen LogP contribution in [0.3, 0.4) is 0 Å². The summed E-state index contributed by atoms with van der Waals surface area (Å²) in [4.78, 5) is 25.4. The Hall–Kier alpha value is -4.03. The molecule has 3 heterocycles. The summed E-state index contributed by atoms with van der Waals surface area (Å²) in [5.74, 6) is 1.70. The Bertz CT molecular complexity index is 1650. The molecule has 2 aromatic heterocycles. The highest BCUT2D eigenvalue weighted by molar-refractivity contribution is 7.84. The van der Waals surface area contributed by atoms with Crippen molar-refractivity contribution < 1.29 is 4.21 Å². The van der Waals surface area contributed by atoms with Crippen molar-refractivity contribution in [3.8, 4) is 6.07 Å². The summed E-state index contributed by atoms with van der Waals surface area (Å²) in [5.41, 5.74) is 3.87. The maximum atomic E-state index is 13.4. The Labute approximate surface area is 257 Å². The fraction of sp³-hybridized carbons (Fsp3) is 0.412. The zero-order valence-corrected chi connectivity index (χ0v) is 27.0. The van der Waals surface area contributed by atoms with Gasteiger partial charge in [-0.25, -0.2) is 9.97 Å². The van der Waals surface area contributed by atoms with E-state index in [0.29, 0.717) is 17.3 Å². The first-order valence-electron chi connectivity index (χ1n) is 14.7. The topological polar surface area (TPSA) is 104 Å². The predicted octanol–water partition coefficient (Wildman–Crippen LogP) is 6.01. The van der Waals surface area contributed by atoms with E-state index in [1.165, 1.54) is 0 Å². The summed E-state index contributed by atoms with van der Waals surface area (Å²) in [7, 11) is 0.721. The normalized spacial score (nSPS) is 15.3. The van der Waals surface area contributed by atoms with Crippen LogP contribution in [0, 0.1) is 25.2 Å². The number of piperidine rings is 1. The molecule has 0 amide bonds. The van der Waals surface area contributed by atoms with Crippen LogP contribution >= 0.6 is 0 Å². The van der Waals surface area contributed by atoms with Gasteiger partial charge in [-0.2, -0.15) is 5.26 Å². The molecule has 1 N–H and O–H groups in total. The average molecular weight is 599 g/mol. The number of aryl methyl sites for hydroxylation is 2. The number of benzene rings is 1. The molecule has 0 saturated carbocycles. The molecule has 226 valence electrons. The molecule has 0 radical (unpaired) electrons. The number of hydrogen-bond donors (Lipinski definition) is 1. The Morgan fingerprint density at radius 3 is 2.35 bits per heavy atom. The summed E-state index contributed by atoms with van der Waals surface area (Å²) < 4.78 is 14.1. The molecule has 1 aliphatic heterocycles. The minimum Gasteiger partial charge on any atom is -0.378 e. The lowest BCUT2D eigenvalue weighted by Gasteiger charge is -2.34. The summed E-state index contributed by atoms with van der Waals surface area (Å²) >= 11 is 0. The quantitative estimate of drug-likeness (QED) is 0.355. The molecule has 1 saturated heterocycles. The Kier molecular flexibility index (Phi) is 10.0. The SMILES string of the molecule is Cc1cc([C@@H](C)Nc2ccccc2S(C)=O)ccc(N2CCC(c3cnc(C(C)(C)C#N)nc3)CC2)n(C)c(=O)c(C)c1. The third kappa shape index (κ3) is 7.49. The molecule has 0 spiro atoms. The molecule has 0 aliphatic carbocycles. The number of para-hydroxylation sites is 1. The lowest BCUT2D eigenvalue weighted by atomic mass is 9.90. The van der Waals surface area contributed by atoms with E-state index >= 15 is 0 Å². The fourth-order valence-corrected chi connectivity index (χ4v) is 6.22. The average Bonchev–Trinajstić information content (AvgIpc) is 3.00. The van der Waals surface area contributed by atoms with Gasteiger partial charge in [0.2, 0.25) is 0 Å². The van der Waals surface area contributed by atoms with Gasteiger partial charge in [0.15, 0.2) is 0 Å². The number of hydrogen-bond acceptors (Lipinski definition) is 7. The lowest BCUT2D eigenvalue weighted by Crippen LogP contribution is -2.36. The summed E-state index contributed by atoms with van der Waals surface area (Å²) in [5, 5.41) is 13.0. The van der Waals surface area contributed by atoms with Crippen LogP contribution in [0.15, 0.2) is 70.6 Å². The van der Waals surface area contributed by atoms with Gasteiger partial charge in [-0.05, 0) is 82.7 Å². The Morgan fingerprint density at radius 1 is 1.07 bits per heavy atom. The van der Waals surface area contributed by atoms with Gasteiger partial charge in [0.1, 0.15) is 17.1 Å². The van der Waals surface area contributed by atoms with Crippen molar-refractivity contribution in [2.75, 3.05) is 29.6 Å². The van der Waals surface area contributed by atoms with Crippen molar-refractivity contribution >= 4 is 22.3 Å². The van der Waals surface area contributed by atoms with E-state index in [4.69, 9.17) is 0 Å². The van der Waals surface area contributed by atoms with E-state index in [0.717, 1.165) is 59.0 Å². The van der Waals surface area contributed by atoms with Crippen LogP contribution in [0.4, 0.5) is 11.5 Å². The minimum atomic E-state index is -1.12. The number of nitriles is 1. The zero-order chi connectivity index (χ0) is 31.3. The van der Waals surface area contributed by atoms with Crippen molar-refractivity contribution in [1.82, 2.24) is 14.5 Å². The van der Waals surface area contributed by atoms with Gasteiger partial charge in [-0.15, -0.1) is 0 Å². The van der Waals surface area contributed by atoms with E-state index in [1.54, 1.807) is 10.8 Å². The number of aromatic nitrogens is 3. The van der Waals surface area contributed by atoms with Gasteiger partial charge in [-0.1, -0.05) is 35.9 Å². The second-order valence-electron chi connectivity index (χ2n) is 11.9. The highest BCUT2D eigenvalue weighted by Crippen LogP contribution is 2.31. The van der Waals surface area contributed by atoms with Gasteiger partial charge < -0.3 is 10.2 Å². The molecule has 1 fully saturated rings. The van der Waals surface area contributed by atoms with Crippen molar-refractivity contribution in [1.29, 1.82) is 5.26 Å². The molecule has 43 heavy (non-hydrogen) atoms. The van der Waals surface area contributed by atoms with Gasteiger partial charge in [0.05, 0.1) is 27.5 Å². The van der Waals surface area contributed by atoms with Gasteiger partial charge in [-0.3, -0.25) is 13.6 Å². The van der Waals surface area contributed by atoms with Crippen LogP contribution in [0.5, 0.6) is 0 Å². The molecule has 2 atom stereocenters. The third-order valence-corrected chi connectivity index (χ3v) is 9.09. The largest absolute Gasteiger partial charge is 0.378 e. The first kappa shape index (κ1) is 31.9. The molecule has 4 rings (SSSR count). The molecule has 1 aromatic carbocycles. The fourth-order valence-electron chi connectivity index (χ4n) is 5.51. The van der Waals surface area contributed by atoms with Crippen LogP contribution in [0.1, 0.15) is 73.7 Å².